The highest BCUT2D eigenvalue weighted by molar-refractivity contribution is 5.98. The molecule has 0 spiro atoms. The Balaban J connectivity index is 1.18. The van der Waals surface area contributed by atoms with Crippen molar-refractivity contribution >= 4 is 23.1 Å². The molecule has 2 saturated heterocycles. The monoisotopic (exact) mass is 506 g/mol. The Labute approximate surface area is 218 Å². The van der Waals surface area contributed by atoms with Crippen LogP contribution in [0.5, 0.6) is 0 Å². The number of nitrogens with one attached hydrogen (secondary N) is 4. The highest BCUT2D eigenvalue weighted by atomic mass is 16.5. The SMILES string of the molecule is NC(=O)c1cnc(Nc2ccc(C3CCOCC3)cc2)cc1NCC1=CN(CCN2CCCCC2)NN1. The molecule has 4 heterocycles. The van der Waals surface area contributed by atoms with E-state index in [0.717, 1.165) is 50.5 Å². The summed E-state index contributed by atoms with van der Waals surface area (Å²) in [7, 11) is 0. The van der Waals surface area contributed by atoms with Crippen LogP contribution in [0.4, 0.5) is 17.2 Å². The number of ether oxygens (including phenoxy) is 1. The number of carbonyl (C=O) groups excluding carboxylic acids is 1. The third-order valence-corrected chi connectivity index (χ3v) is 7.29. The van der Waals surface area contributed by atoms with Gasteiger partial charge < -0.3 is 31.4 Å². The van der Waals surface area contributed by atoms with Crippen molar-refractivity contribution in [2.75, 3.05) is 56.6 Å². The molecule has 0 radical (unpaired) electrons. The Bertz CT molecular complexity index is 1080. The van der Waals surface area contributed by atoms with E-state index in [-0.39, 0.29) is 0 Å². The number of rotatable bonds is 10. The molecule has 198 valence electrons. The molecule has 10 nitrogen and oxygen atoms in total. The predicted octanol–water partition coefficient (Wildman–Crippen LogP) is 2.88. The Hall–Kier alpha value is -3.34. The zero-order valence-corrected chi connectivity index (χ0v) is 21.3. The lowest BCUT2D eigenvalue weighted by Gasteiger charge is -2.28. The van der Waals surface area contributed by atoms with Gasteiger partial charge in [0.05, 0.1) is 23.5 Å². The second-order valence-corrected chi connectivity index (χ2v) is 9.95. The molecule has 0 unspecified atom stereocenters. The zero-order chi connectivity index (χ0) is 25.5. The van der Waals surface area contributed by atoms with Crippen LogP contribution in [0, 0.1) is 0 Å². The summed E-state index contributed by atoms with van der Waals surface area (Å²) in [5.41, 5.74) is 16.3. The van der Waals surface area contributed by atoms with Crippen molar-refractivity contribution in [2.24, 2.45) is 5.73 Å². The molecule has 6 N–H and O–H groups in total. The van der Waals surface area contributed by atoms with Crippen LogP contribution in [-0.4, -0.2) is 66.7 Å². The van der Waals surface area contributed by atoms with Crippen molar-refractivity contribution in [1.82, 2.24) is 25.9 Å². The van der Waals surface area contributed by atoms with Crippen molar-refractivity contribution in [3.63, 3.8) is 0 Å². The number of hydrogen-bond donors (Lipinski definition) is 5. The summed E-state index contributed by atoms with van der Waals surface area (Å²) in [5.74, 6) is 0.679. The quantitative estimate of drug-likeness (QED) is 0.331. The maximum absolute atomic E-state index is 12.0. The van der Waals surface area contributed by atoms with Gasteiger partial charge in [0.15, 0.2) is 0 Å². The summed E-state index contributed by atoms with van der Waals surface area (Å²) in [6, 6.07) is 10.3. The summed E-state index contributed by atoms with van der Waals surface area (Å²) >= 11 is 0. The lowest BCUT2D eigenvalue weighted by atomic mass is 9.92. The number of hydrazine groups is 2. The van der Waals surface area contributed by atoms with Crippen LogP contribution in [0.2, 0.25) is 0 Å². The summed E-state index contributed by atoms with van der Waals surface area (Å²) in [4.78, 5) is 18.9. The van der Waals surface area contributed by atoms with Gasteiger partial charge in [-0.1, -0.05) is 18.6 Å². The van der Waals surface area contributed by atoms with Crippen LogP contribution in [0.3, 0.4) is 0 Å². The topological polar surface area (TPSA) is 120 Å². The minimum Gasteiger partial charge on any atom is -0.381 e. The number of nitrogens with zero attached hydrogens (tertiary/aromatic N) is 3. The molecular formula is C27H38N8O2. The molecule has 0 atom stereocenters. The first-order valence-electron chi connectivity index (χ1n) is 13.3. The number of likely N-dealkylation sites (tertiary alicyclic amines) is 1. The standard InChI is InChI=1S/C27H38N8O2/c28-27(36)24-18-30-26(31-22-6-4-20(5-7-22)21-8-14-37-15-9-21)16-25(24)29-17-23-19-35(33-32-23)13-12-34-10-2-1-3-11-34/h4-7,16,18-19,21,32-33H,1-3,8-15,17H2,(H2,28,36)(H2,29,30,31). The average molecular weight is 507 g/mol. The summed E-state index contributed by atoms with van der Waals surface area (Å²) in [6.07, 6.45) is 9.64. The van der Waals surface area contributed by atoms with Crippen LogP contribution in [-0.2, 0) is 4.74 Å². The van der Waals surface area contributed by atoms with E-state index in [1.807, 2.05) is 6.07 Å². The molecule has 0 bridgehead atoms. The first kappa shape index (κ1) is 25.3. The summed E-state index contributed by atoms with van der Waals surface area (Å²) in [5, 5.41) is 8.74. The van der Waals surface area contributed by atoms with Crippen LogP contribution in [0.25, 0.3) is 0 Å². The van der Waals surface area contributed by atoms with Gasteiger partial charge in [0.2, 0.25) is 0 Å². The number of aromatic nitrogens is 1. The van der Waals surface area contributed by atoms with E-state index in [1.165, 1.54) is 44.1 Å². The summed E-state index contributed by atoms with van der Waals surface area (Å²) in [6.45, 7) is 6.48. The minimum absolute atomic E-state index is 0.355. The van der Waals surface area contributed by atoms with Crippen LogP contribution in [0.15, 0.2) is 48.4 Å². The van der Waals surface area contributed by atoms with Crippen molar-refractivity contribution in [1.29, 1.82) is 0 Å². The van der Waals surface area contributed by atoms with Crippen molar-refractivity contribution in [2.45, 2.75) is 38.0 Å². The Morgan fingerprint density at radius 3 is 2.65 bits per heavy atom. The summed E-state index contributed by atoms with van der Waals surface area (Å²) < 4.78 is 5.48. The van der Waals surface area contributed by atoms with E-state index in [1.54, 1.807) is 0 Å². The molecule has 1 aromatic heterocycles. The Morgan fingerprint density at radius 1 is 1.11 bits per heavy atom. The van der Waals surface area contributed by atoms with Crippen LogP contribution in [0.1, 0.15) is 53.9 Å². The highest BCUT2D eigenvalue weighted by Gasteiger charge is 2.17. The van der Waals surface area contributed by atoms with Gasteiger partial charge >= 0.3 is 0 Å². The second-order valence-electron chi connectivity index (χ2n) is 9.95. The largest absolute Gasteiger partial charge is 0.381 e. The fraction of sp³-hybridized carbons (Fsp3) is 0.481. The predicted molar refractivity (Wildman–Crippen MR) is 145 cm³/mol. The van der Waals surface area contributed by atoms with Crippen LogP contribution < -0.4 is 27.3 Å². The Morgan fingerprint density at radius 2 is 1.89 bits per heavy atom. The number of primary amides is 1. The van der Waals surface area contributed by atoms with Gasteiger partial charge in [0.25, 0.3) is 5.91 Å². The number of amides is 1. The molecule has 0 saturated carbocycles. The molecule has 1 aromatic carbocycles. The number of hydrogen-bond acceptors (Lipinski definition) is 9. The molecule has 3 aliphatic heterocycles. The van der Waals surface area contributed by atoms with E-state index in [2.05, 4.69) is 67.0 Å². The van der Waals surface area contributed by atoms with Gasteiger partial charge in [0.1, 0.15) is 5.82 Å². The Kier molecular flexibility index (Phi) is 8.39. The van der Waals surface area contributed by atoms with Crippen molar-refractivity contribution < 1.29 is 9.53 Å². The normalized spacial score (nSPS) is 18.8. The van der Waals surface area contributed by atoms with Gasteiger partial charge in [-0.25, -0.2) is 4.98 Å². The average Bonchev–Trinajstić information content (AvgIpc) is 3.40. The number of pyridine rings is 1. The molecule has 10 heteroatoms. The fourth-order valence-corrected chi connectivity index (χ4v) is 5.11. The number of nitrogens with two attached hydrogens (primary N) is 1. The van der Waals surface area contributed by atoms with E-state index < -0.39 is 5.91 Å². The van der Waals surface area contributed by atoms with Crippen molar-refractivity contribution in [3.05, 3.63) is 59.6 Å². The van der Waals surface area contributed by atoms with E-state index >= 15 is 0 Å². The molecule has 37 heavy (non-hydrogen) atoms. The number of piperidine rings is 1. The van der Waals surface area contributed by atoms with E-state index in [4.69, 9.17) is 10.5 Å². The molecule has 2 aromatic rings. The molecule has 3 aliphatic rings. The second kappa shape index (κ2) is 12.3. The number of anilines is 3. The fourth-order valence-electron chi connectivity index (χ4n) is 5.11. The first-order chi connectivity index (χ1) is 18.1. The van der Waals surface area contributed by atoms with Crippen LogP contribution >= 0.6 is 0 Å². The van der Waals surface area contributed by atoms with Gasteiger partial charge in [-0.05, 0) is 62.4 Å². The number of benzene rings is 1. The third kappa shape index (κ3) is 6.91. The molecule has 0 aliphatic carbocycles. The molecular weight excluding hydrogens is 468 g/mol. The van der Waals surface area contributed by atoms with Gasteiger partial charge in [0, 0.05) is 50.5 Å². The third-order valence-electron chi connectivity index (χ3n) is 7.29. The van der Waals surface area contributed by atoms with E-state index in [0.29, 0.717) is 29.5 Å². The minimum atomic E-state index is -0.517. The highest BCUT2D eigenvalue weighted by Crippen LogP contribution is 2.28. The van der Waals surface area contributed by atoms with Gasteiger partial charge in [-0.3, -0.25) is 9.80 Å². The molecule has 5 rings (SSSR count). The maximum atomic E-state index is 12.0. The molecule has 1 amide bonds. The zero-order valence-electron chi connectivity index (χ0n) is 21.3. The number of carbonyl (C=O) groups is 1. The lowest BCUT2D eigenvalue weighted by Crippen LogP contribution is -2.42. The lowest BCUT2D eigenvalue weighted by molar-refractivity contribution is 0.0853. The first-order valence-corrected chi connectivity index (χ1v) is 13.3. The van der Waals surface area contributed by atoms with Crippen molar-refractivity contribution in [3.8, 4) is 0 Å². The smallest absolute Gasteiger partial charge is 0.252 e. The van der Waals surface area contributed by atoms with Gasteiger partial charge in [-0.2, -0.15) is 0 Å². The maximum Gasteiger partial charge on any atom is 0.252 e. The van der Waals surface area contributed by atoms with E-state index in [9.17, 15) is 4.79 Å². The molecule has 2 fully saturated rings. The van der Waals surface area contributed by atoms with Gasteiger partial charge in [-0.15, -0.1) is 5.53 Å².